The first-order valence-corrected chi connectivity index (χ1v) is 5.50. The second-order valence-corrected chi connectivity index (χ2v) is 4.13. The third kappa shape index (κ3) is 2.23. The minimum Gasteiger partial charge on any atom is -0.326 e. The average molecular weight is 233 g/mol. The van der Waals surface area contributed by atoms with Crippen LogP contribution in [0.25, 0.3) is 11.3 Å². The van der Waals surface area contributed by atoms with Gasteiger partial charge in [0.25, 0.3) is 0 Å². The van der Waals surface area contributed by atoms with E-state index < -0.39 is 0 Å². The molecule has 0 unspecified atom stereocenters. The first-order valence-electron chi connectivity index (χ1n) is 5.12. The summed E-state index contributed by atoms with van der Waals surface area (Å²) in [7, 11) is 0. The fourth-order valence-electron chi connectivity index (χ4n) is 1.52. The predicted octanol–water partition coefficient (Wildman–Crippen LogP) is 3.17. The summed E-state index contributed by atoms with van der Waals surface area (Å²) in [5.74, 6) is 0. The van der Waals surface area contributed by atoms with Crippen LogP contribution in [0.4, 0.5) is 0 Å². The topological polar surface area (TPSA) is 38.9 Å². The number of nitrogens with zero attached hydrogens (tertiary/aromatic N) is 1. The lowest BCUT2D eigenvalue weighted by Gasteiger charge is -2.04. The van der Waals surface area contributed by atoms with Gasteiger partial charge in [0.05, 0.1) is 5.69 Å². The normalized spacial score (nSPS) is 10.4. The highest BCUT2D eigenvalue weighted by molar-refractivity contribution is 6.31. The maximum atomic E-state index is 5.98. The molecule has 0 atom stereocenters. The molecule has 0 aliphatic rings. The minimum absolute atomic E-state index is 0.521. The standard InChI is InChI=1S/C13H13ClN2/c1-9-6-11(3-4-12(9)14)13-5-2-10(7-15)8-16-13/h2-6,8H,7,15H2,1H3. The van der Waals surface area contributed by atoms with Crippen LogP contribution in [0.1, 0.15) is 11.1 Å². The molecule has 0 aliphatic carbocycles. The smallest absolute Gasteiger partial charge is 0.0702 e. The number of benzene rings is 1. The second-order valence-electron chi connectivity index (χ2n) is 3.72. The van der Waals surface area contributed by atoms with Gasteiger partial charge in [-0.05, 0) is 36.2 Å². The molecule has 1 aromatic carbocycles. The molecule has 0 bridgehead atoms. The van der Waals surface area contributed by atoms with Crippen LogP contribution in [-0.4, -0.2) is 4.98 Å². The van der Waals surface area contributed by atoms with E-state index in [0.29, 0.717) is 6.54 Å². The molecule has 0 saturated heterocycles. The molecule has 3 heteroatoms. The predicted molar refractivity (Wildman–Crippen MR) is 67.3 cm³/mol. The van der Waals surface area contributed by atoms with Crippen LogP contribution in [-0.2, 0) is 6.54 Å². The van der Waals surface area contributed by atoms with E-state index in [4.69, 9.17) is 17.3 Å². The van der Waals surface area contributed by atoms with Crippen LogP contribution in [0.3, 0.4) is 0 Å². The van der Waals surface area contributed by atoms with Gasteiger partial charge in [-0.2, -0.15) is 0 Å². The Kier molecular flexibility index (Phi) is 3.22. The number of pyridine rings is 1. The van der Waals surface area contributed by atoms with Gasteiger partial charge in [-0.3, -0.25) is 4.98 Å². The zero-order valence-electron chi connectivity index (χ0n) is 9.07. The number of hydrogen-bond acceptors (Lipinski definition) is 2. The first-order chi connectivity index (χ1) is 7.70. The molecule has 0 spiro atoms. The largest absolute Gasteiger partial charge is 0.326 e. The second kappa shape index (κ2) is 4.64. The van der Waals surface area contributed by atoms with Crippen molar-refractivity contribution >= 4 is 11.6 Å². The maximum absolute atomic E-state index is 5.98. The molecule has 0 saturated carbocycles. The molecular formula is C13H13ClN2. The van der Waals surface area contributed by atoms with E-state index in [0.717, 1.165) is 27.4 Å². The lowest BCUT2D eigenvalue weighted by atomic mass is 10.1. The molecule has 0 radical (unpaired) electrons. The third-order valence-corrected chi connectivity index (χ3v) is 2.94. The highest BCUT2D eigenvalue weighted by Crippen LogP contribution is 2.23. The number of hydrogen-bond donors (Lipinski definition) is 1. The van der Waals surface area contributed by atoms with Crippen LogP contribution < -0.4 is 5.73 Å². The van der Waals surface area contributed by atoms with Gasteiger partial charge >= 0.3 is 0 Å². The summed E-state index contributed by atoms with van der Waals surface area (Å²) in [6.45, 7) is 2.51. The zero-order valence-corrected chi connectivity index (χ0v) is 9.83. The Morgan fingerprint density at radius 3 is 2.62 bits per heavy atom. The van der Waals surface area contributed by atoms with Crippen molar-refractivity contribution in [1.29, 1.82) is 0 Å². The third-order valence-electron chi connectivity index (χ3n) is 2.51. The summed E-state index contributed by atoms with van der Waals surface area (Å²) < 4.78 is 0. The molecule has 0 amide bonds. The molecule has 2 nitrogen and oxygen atoms in total. The Balaban J connectivity index is 2.38. The molecule has 2 N–H and O–H groups in total. The van der Waals surface area contributed by atoms with E-state index in [9.17, 15) is 0 Å². The van der Waals surface area contributed by atoms with E-state index in [2.05, 4.69) is 4.98 Å². The van der Waals surface area contributed by atoms with Crippen molar-refractivity contribution in [1.82, 2.24) is 4.98 Å². The van der Waals surface area contributed by atoms with Gasteiger partial charge in [0.15, 0.2) is 0 Å². The van der Waals surface area contributed by atoms with E-state index in [-0.39, 0.29) is 0 Å². The number of aryl methyl sites for hydroxylation is 1. The van der Waals surface area contributed by atoms with Crippen molar-refractivity contribution in [2.24, 2.45) is 5.73 Å². The fourth-order valence-corrected chi connectivity index (χ4v) is 1.64. The average Bonchev–Trinajstić information content (AvgIpc) is 2.33. The van der Waals surface area contributed by atoms with Crippen molar-refractivity contribution in [2.45, 2.75) is 13.5 Å². The molecule has 82 valence electrons. The summed E-state index contributed by atoms with van der Waals surface area (Å²) in [5.41, 5.74) is 9.64. The fraction of sp³-hybridized carbons (Fsp3) is 0.154. The van der Waals surface area contributed by atoms with Crippen molar-refractivity contribution in [3.05, 3.63) is 52.7 Å². The number of aromatic nitrogens is 1. The van der Waals surface area contributed by atoms with Crippen molar-refractivity contribution in [3.63, 3.8) is 0 Å². The molecule has 1 heterocycles. The molecule has 0 aliphatic heterocycles. The molecule has 2 aromatic rings. The van der Waals surface area contributed by atoms with Gasteiger partial charge in [0.2, 0.25) is 0 Å². The number of rotatable bonds is 2. The Labute approximate surface area is 100 Å². The van der Waals surface area contributed by atoms with E-state index in [1.165, 1.54) is 0 Å². The van der Waals surface area contributed by atoms with Crippen LogP contribution in [0.15, 0.2) is 36.5 Å². The summed E-state index contributed by atoms with van der Waals surface area (Å²) in [6, 6.07) is 9.87. The molecule has 2 rings (SSSR count). The highest BCUT2D eigenvalue weighted by atomic mass is 35.5. The van der Waals surface area contributed by atoms with Crippen LogP contribution in [0, 0.1) is 6.92 Å². The zero-order chi connectivity index (χ0) is 11.5. The lowest BCUT2D eigenvalue weighted by Crippen LogP contribution is -1.96. The molecule has 16 heavy (non-hydrogen) atoms. The van der Waals surface area contributed by atoms with Gasteiger partial charge in [0, 0.05) is 23.3 Å². The van der Waals surface area contributed by atoms with Crippen molar-refractivity contribution in [3.8, 4) is 11.3 Å². The summed E-state index contributed by atoms with van der Waals surface area (Å²) in [5, 5.41) is 0.780. The van der Waals surface area contributed by atoms with Crippen LogP contribution in [0.2, 0.25) is 5.02 Å². The summed E-state index contributed by atoms with van der Waals surface area (Å²) in [4.78, 5) is 4.37. The Hall–Kier alpha value is -1.38. The van der Waals surface area contributed by atoms with E-state index in [1.54, 1.807) is 6.20 Å². The van der Waals surface area contributed by atoms with E-state index >= 15 is 0 Å². The van der Waals surface area contributed by atoms with Crippen molar-refractivity contribution < 1.29 is 0 Å². The number of halogens is 1. The quantitative estimate of drug-likeness (QED) is 0.864. The highest BCUT2D eigenvalue weighted by Gasteiger charge is 2.01. The number of nitrogens with two attached hydrogens (primary N) is 1. The Morgan fingerprint density at radius 2 is 2.06 bits per heavy atom. The Bertz CT molecular complexity index is 492. The molecule has 1 aromatic heterocycles. The SMILES string of the molecule is Cc1cc(-c2ccc(CN)cn2)ccc1Cl. The lowest BCUT2D eigenvalue weighted by molar-refractivity contribution is 1.05. The first kappa shape index (κ1) is 11.1. The molecule has 0 fully saturated rings. The van der Waals surface area contributed by atoms with Gasteiger partial charge in [0.1, 0.15) is 0 Å². The molecular weight excluding hydrogens is 220 g/mol. The van der Waals surface area contributed by atoms with Crippen LogP contribution in [0.5, 0.6) is 0 Å². The van der Waals surface area contributed by atoms with Gasteiger partial charge in [-0.1, -0.05) is 23.7 Å². The van der Waals surface area contributed by atoms with Crippen molar-refractivity contribution in [2.75, 3.05) is 0 Å². The Morgan fingerprint density at radius 1 is 1.25 bits per heavy atom. The van der Waals surface area contributed by atoms with E-state index in [1.807, 2.05) is 37.3 Å². The minimum atomic E-state index is 0.521. The monoisotopic (exact) mass is 232 g/mol. The maximum Gasteiger partial charge on any atom is 0.0702 e. The summed E-state index contributed by atoms with van der Waals surface area (Å²) in [6.07, 6.45) is 1.80. The van der Waals surface area contributed by atoms with Gasteiger partial charge < -0.3 is 5.73 Å². The van der Waals surface area contributed by atoms with Gasteiger partial charge in [-0.25, -0.2) is 0 Å². The van der Waals surface area contributed by atoms with Gasteiger partial charge in [-0.15, -0.1) is 0 Å². The summed E-state index contributed by atoms with van der Waals surface area (Å²) >= 11 is 5.98. The van der Waals surface area contributed by atoms with Crippen LogP contribution >= 0.6 is 11.6 Å².